The van der Waals surface area contributed by atoms with Gasteiger partial charge < -0.3 is 19.4 Å². The van der Waals surface area contributed by atoms with Crippen molar-refractivity contribution in [3.05, 3.63) is 60.2 Å². The number of rotatable bonds is 6. The van der Waals surface area contributed by atoms with Gasteiger partial charge in [-0.25, -0.2) is 0 Å². The largest absolute Gasteiger partial charge is 0.497 e. The summed E-state index contributed by atoms with van der Waals surface area (Å²) in [6, 6.07) is 18.2. The maximum absolute atomic E-state index is 13.0. The fourth-order valence-corrected chi connectivity index (χ4v) is 4.30. The summed E-state index contributed by atoms with van der Waals surface area (Å²) >= 11 is 0. The van der Waals surface area contributed by atoms with Crippen LogP contribution in [0, 0.1) is 5.92 Å². The van der Waals surface area contributed by atoms with Gasteiger partial charge in [-0.05, 0) is 36.2 Å². The fraction of sp³-hybridized carbons (Fsp3) is 0.417. The minimum atomic E-state index is -0.208. The molecule has 2 saturated heterocycles. The highest BCUT2D eigenvalue weighted by Crippen LogP contribution is 2.24. The van der Waals surface area contributed by atoms with Crippen LogP contribution >= 0.6 is 0 Å². The maximum atomic E-state index is 13.0. The molecule has 2 heterocycles. The van der Waals surface area contributed by atoms with Crippen molar-refractivity contribution in [1.29, 1.82) is 0 Å². The van der Waals surface area contributed by atoms with Crippen LogP contribution in [0.4, 0.5) is 5.69 Å². The summed E-state index contributed by atoms with van der Waals surface area (Å²) in [4.78, 5) is 31.5. The lowest BCUT2D eigenvalue weighted by molar-refractivity contribution is -0.136. The predicted octanol–water partition coefficient (Wildman–Crippen LogP) is 2.43. The Bertz CT molecular complexity index is 861. The van der Waals surface area contributed by atoms with Crippen molar-refractivity contribution < 1.29 is 14.3 Å². The highest BCUT2D eigenvalue weighted by Gasteiger charge is 2.37. The van der Waals surface area contributed by atoms with Gasteiger partial charge in [-0.3, -0.25) is 9.59 Å². The van der Waals surface area contributed by atoms with Gasteiger partial charge in [0, 0.05) is 51.4 Å². The minimum Gasteiger partial charge on any atom is -0.497 e. The van der Waals surface area contributed by atoms with E-state index in [1.807, 2.05) is 40.1 Å². The van der Waals surface area contributed by atoms with Gasteiger partial charge in [0.25, 0.3) is 0 Å². The van der Waals surface area contributed by atoms with Gasteiger partial charge in [0.1, 0.15) is 5.75 Å². The van der Waals surface area contributed by atoms with Crippen molar-refractivity contribution >= 4 is 17.5 Å². The summed E-state index contributed by atoms with van der Waals surface area (Å²) in [7, 11) is 1.66. The molecule has 2 aliphatic heterocycles. The molecular formula is C24H29N3O3. The summed E-state index contributed by atoms with van der Waals surface area (Å²) in [5.41, 5.74) is 2.36. The number of piperazine rings is 1. The molecular weight excluding hydrogens is 378 g/mol. The number of carbonyl (C=O) groups excluding carboxylic acids is 2. The third kappa shape index (κ3) is 4.58. The number of anilines is 1. The number of carbonyl (C=O) groups is 2. The van der Waals surface area contributed by atoms with Crippen LogP contribution in [0.3, 0.4) is 0 Å². The van der Waals surface area contributed by atoms with Crippen molar-refractivity contribution in [2.24, 2.45) is 5.92 Å². The third-order valence-corrected chi connectivity index (χ3v) is 6.11. The summed E-state index contributed by atoms with van der Waals surface area (Å²) < 4.78 is 5.22. The second-order valence-electron chi connectivity index (χ2n) is 7.99. The Kier molecular flexibility index (Phi) is 6.21. The van der Waals surface area contributed by atoms with Crippen LogP contribution in [0.1, 0.15) is 12.0 Å². The predicted molar refractivity (Wildman–Crippen MR) is 117 cm³/mol. The lowest BCUT2D eigenvalue weighted by atomic mass is 10.1. The Balaban J connectivity index is 1.27. The molecule has 0 saturated carbocycles. The van der Waals surface area contributed by atoms with E-state index in [-0.39, 0.29) is 17.7 Å². The molecule has 2 aliphatic rings. The van der Waals surface area contributed by atoms with Crippen LogP contribution in [0.5, 0.6) is 5.75 Å². The molecule has 2 aromatic carbocycles. The number of nitrogens with zero attached hydrogens (tertiary/aromatic N) is 3. The van der Waals surface area contributed by atoms with E-state index in [4.69, 9.17) is 4.74 Å². The molecule has 1 unspecified atom stereocenters. The van der Waals surface area contributed by atoms with Gasteiger partial charge in [0.2, 0.25) is 11.8 Å². The number of methoxy groups -OCH3 is 1. The van der Waals surface area contributed by atoms with Crippen LogP contribution < -0.4 is 9.64 Å². The monoisotopic (exact) mass is 407 g/mol. The third-order valence-electron chi connectivity index (χ3n) is 6.11. The molecule has 2 aromatic rings. The average molecular weight is 408 g/mol. The first-order chi connectivity index (χ1) is 14.6. The minimum absolute atomic E-state index is 0.0983. The summed E-state index contributed by atoms with van der Waals surface area (Å²) in [6.45, 7) is 4.22. The number of benzene rings is 2. The molecule has 6 heteroatoms. The highest BCUT2D eigenvalue weighted by atomic mass is 16.5. The van der Waals surface area contributed by atoms with E-state index in [1.54, 1.807) is 7.11 Å². The molecule has 4 rings (SSSR count). The molecule has 0 aliphatic carbocycles. The van der Waals surface area contributed by atoms with Crippen LogP contribution in [0.15, 0.2) is 54.6 Å². The fourth-order valence-electron chi connectivity index (χ4n) is 4.30. The Morgan fingerprint density at radius 2 is 1.70 bits per heavy atom. The molecule has 1 atom stereocenters. The lowest BCUT2D eigenvalue weighted by Crippen LogP contribution is -2.50. The van der Waals surface area contributed by atoms with Crippen LogP contribution in [0.2, 0.25) is 0 Å². The second-order valence-corrected chi connectivity index (χ2v) is 7.99. The van der Waals surface area contributed by atoms with E-state index in [2.05, 4.69) is 29.2 Å². The van der Waals surface area contributed by atoms with Gasteiger partial charge >= 0.3 is 0 Å². The SMILES string of the molecule is COc1ccc(N2CCN(C(=O)C3CC(=O)N(CCc4ccccc4)C3)CC2)cc1. The van der Waals surface area contributed by atoms with Gasteiger partial charge in [0.05, 0.1) is 13.0 Å². The summed E-state index contributed by atoms with van der Waals surface area (Å²) in [5.74, 6) is 0.859. The summed E-state index contributed by atoms with van der Waals surface area (Å²) in [6.07, 6.45) is 1.17. The first-order valence-corrected chi connectivity index (χ1v) is 10.6. The van der Waals surface area contributed by atoms with Gasteiger partial charge in [-0.2, -0.15) is 0 Å². The topological polar surface area (TPSA) is 53.1 Å². The molecule has 0 bridgehead atoms. The van der Waals surface area contributed by atoms with E-state index >= 15 is 0 Å². The molecule has 0 spiro atoms. The Hall–Kier alpha value is -3.02. The van der Waals surface area contributed by atoms with Gasteiger partial charge in [-0.15, -0.1) is 0 Å². The number of amides is 2. The normalized spacial score (nSPS) is 19.3. The van der Waals surface area contributed by atoms with Gasteiger partial charge in [0.15, 0.2) is 0 Å². The van der Waals surface area contributed by atoms with Gasteiger partial charge in [-0.1, -0.05) is 30.3 Å². The number of hydrogen-bond acceptors (Lipinski definition) is 4. The average Bonchev–Trinajstić information content (AvgIpc) is 3.18. The molecule has 0 aromatic heterocycles. The Labute approximate surface area is 178 Å². The lowest BCUT2D eigenvalue weighted by Gasteiger charge is -2.37. The first kappa shape index (κ1) is 20.3. The van der Waals surface area contributed by atoms with Crippen molar-refractivity contribution in [2.45, 2.75) is 12.8 Å². The number of likely N-dealkylation sites (tertiary alicyclic amines) is 1. The second kappa shape index (κ2) is 9.20. The summed E-state index contributed by atoms with van der Waals surface area (Å²) in [5, 5.41) is 0. The molecule has 158 valence electrons. The van der Waals surface area contributed by atoms with Crippen molar-refractivity contribution in [1.82, 2.24) is 9.80 Å². The molecule has 0 N–H and O–H groups in total. The van der Waals surface area contributed by atoms with E-state index in [0.29, 0.717) is 32.6 Å². The number of hydrogen-bond donors (Lipinski definition) is 0. The first-order valence-electron chi connectivity index (χ1n) is 10.6. The molecule has 2 fully saturated rings. The van der Waals surface area contributed by atoms with Crippen molar-refractivity contribution in [3.63, 3.8) is 0 Å². The zero-order valence-corrected chi connectivity index (χ0v) is 17.5. The quantitative estimate of drug-likeness (QED) is 0.738. The van der Waals surface area contributed by atoms with Crippen LogP contribution in [-0.2, 0) is 16.0 Å². The Morgan fingerprint density at radius 1 is 1.00 bits per heavy atom. The standard InChI is InChI=1S/C24H29N3O3/c1-30-22-9-7-21(8-10-22)25-13-15-26(16-14-25)24(29)20-17-23(28)27(18-20)12-11-19-5-3-2-4-6-19/h2-10,20H,11-18H2,1H3. The molecule has 2 amide bonds. The Morgan fingerprint density at radius 3 is 2.37 bits per heavy atom. The van der Waals surface area contributed by atoms with Crippen LogP contribution in [0.25, 0.3) is 0 Å². The van der Waals surface area contributed by atoms with E-state index in [1.165, 1.54) is 5.56 Å². The van der Waals surface area contributed by atoms with E-state index in [0.717, 1.165) is 30.9 Å². The smallest absolute Gasteiger partial charge is 0.228 e. The van der Waals surface area contributed by atoms with Crippen molar-refractivity contribution in [3.8, 4) is 5.75 Å². The van der Waals surface area contributed by atoms with E-state index in [9.17, 15) is 9.59 Å². The highest BCUT2D eigenvalue weighted by molar-refractivity contribution is 5.89. The van der Waals surface area contributed by atoms with Crippen molar-refractivity contribution in [2.75, 3.05) is 51.3 Å². The molecule has 6 nitrogen and oxygen atoms in total. The molecule has 30 heavy (non-hydrogen) atoms. The molecule has 0 radical (unpaired) electrons. The van der Waals surface area contributed by atoms with E-state index < -0.39 is 0 Å². The zero-order valence-electron chi connectivity index (χ0n) is 17.5. The zero-order chi connectivity index (χ0) is 20.9. The number of ether oxygens (including phenoxy) is 1. The van der Waals surface area contributed by atoms with Crippen LogP contribution in [-0.4, -0.2) is 68.0 Å². The maximum Gasteiger partial charge on any atom is 0.228 e.